The van der Waals surface area contributed by atoms with E-state index in [1.165, 1.54) is 29.5 Å². The van der Waals surface area contributed by atoms with Crippen LogP contribution in [-0.2, 0) is 5.75 Å². The van der Waals surface area contributed by atoms with E-state index in [9.17, 15) is 15.6 Å². The maximum absolute atomic E-state index is 9.88. The van der Waals surface area contributed by atoms with E-state index in [2.05, 4.69) is 29.3 Å². The number of thioether (sulfide) groups is 1. The number of aryl methyl sites for hydroxylation is 1. The number of phenolic OH excluding ortho intramolecular Hbond substituents is 1. The van der Waals surface area contributed by atoms with E-state index in [0.717, 1.165) is 16.3 Å². The fourth-order valence-corrected chi connectivity index (χ4v) is 4.98. The van der Waals surface area contributed by atoms with Gasteiger partial charge in [0, 0.05) is 22.3 Å². The lowest BCUT2D eigenvalue weighted by Gasteiger charge is -2.12. The first-order chi connectivity index (χ1) is 15.5. The second-order valence-corrected chi connectivity index (χ2v) is 8.82. The molecule has 0 amide bonds. The van der Waals surface area contributed by atoms with Gasteiger partial charge in [-0.2, -0.15) is 10.5 Å². The topological polar surface area (TPSA) is 120 Å². The number of nitrogens with two attached hydrogens (primary N) is 1. The highest BCUT2D eigenvalue weighted by Crippen LogP contribution is 2.37. The number of nitriles is 2. The molecule has 4 rings (SSSR count). The van der Waals surface area contributed by atoms with Crippen molar-refractivity contribution in [1.29, 1.82) is 10.5 Å². The van der Waals surface area contributed by atoms with Gasteiger partial charge in [0.25, 0.3) is 0 Å². The van der Waals surface area contributed by atoms with Gasteiger partial charge < -0.3 is 10.8 Å². The fraction of sp³-hybridized carbons (Fsp3) is 0.0833. The molecule has 2 aromatic heterocycles. The standard InChI is InChI=1S/C24H17N5OS2/c1-14-2-4-16(5-3-14)23-28-17(12-31-23)13-32-24-20(11-26)21(19(10-25)22(27)29-24)15-6-8-18(30)9-7-15/h2-9,12,30H,13H2,1H3,(H2,27,29). The van der Waals surface area contributed by atoms with Gasteiger partial charge in [0.1, 0.15) is 39.3 Å². The summed E-state index contributed by atoms with van der Waals surface area (Å²) in [6.45, 7) is 2.04. The number of hydrogen-bond donors (Lipinski definition) is 2. The number of thiazole rings is 1. The van der Waals surface area contributed by atoms with Crippen LogP contribution in [0.3, 0.4) is 0 Å². The second kappa shape index (κ2) is 9.11. The molecule has 0 unspecified atom stereocenters. The second-order valence-electron chi connectivity index (χ2n) is 7.00. The highest BCUT2D eigenvalue weighted by molar-refractivity contribution is 7.98. The number of aromatic nitrogens is 2. The molecule has 0 saturated heterocycles. The van der Waals surface area contributed by atoms with Crippen molar-refractivity contribution >= 4 is 28.9 Å². The lowest BCUT2D eigenvalue weighted by molar-refractivity contribution is 0.475. The first kappa shape index (κ1) is 21.4. The largest absolute Gasteiger partial charge is 0.508 e. The maximum Gasteiger partial charge on any atom is 0.143 e. The molecule has 0 fully saturated rings. The molecule has 6 nitrogen and oxygen atoms in total. The van der Waals surface area contributed by atoms with Crippen molar-refractivity contribution in [2.75, 3.05) is 5.73 Å². The van der Waals surface area contributed by atoms with Crippen LogP contribution >= 0.6 is 23.1 Å². The Morgan fingerprint density at radius 1 is 0.969 bits per heavy atom. The van der Waals surface area contributed by atoms with E-state index in [1.54, 1.807) is 23.5 Å². The quantitative estimate of drug-likeness (QED) is 0.381. The highest BCUT2D eigenvalue weighted by Gasteiger charge is 2.21. The Morgan fingerprint density at radius 3 is 2.28 bits per heavy atom. The van der Waals surface area contributed by atoms with Gasteiger partial charge in [0.05, 0.1) is 11.3 Å². The van der Waals surface area contributed by atoms with E-state index in [4.69, 9.17) is 10.7 Å². The van der Waals surface area contributed by atoms with Crippen LogP contribution in [-0.4, -0.2) is 15.1 Å². The minimum Gasteiger partial charge on any atom is -0.508 e. The molecule has 0 aliphatic carbocycles. The van der Waals surface area contributed by atoms with E-state index in [1.807, 2.05) is 24.4 Å². The van der Waals surface area contributed by atoms with Crippen LogP contribution in [0.1, 0.15) is 22.4 Å². The predicted octanol–water partition coefficient (Wildman–Crippen LogP) is 5.50. The molecule has 0 aliphatic heterocycles. The van der Waals surface area contributed by atoms with E-state index in [-0.39, 0.29) is 22.7 Å². The van der Waals surface area contributed by atoms with E-state index >= 15 is 0 Å². The molecule has 0 aliphatic rings. The molecule has 156 valence electrons. The Morgan fingerprint density at radius 2 is 1.62 bits per heavy atom. The minimum atomic E-state index is 0.0655. The van der Waals surface area contributed by atoms with Crippen molar-refractivity contribution in [2.24, 2.45) is 0 Å². The third-order valence-electron chi connectivity index (χ3n) is 4.78. The molecular formula is C24H17N5OS2. The Kier molecular flexibility index (Phi) is 6.09. The molecule has 0 bridgehead atoms. The summed E-state index contributed by atoms with van der Waals surface area (Å²) in [7, 11) is 0. The van der Waals surface area contributed by atoms with Gasteiger partial charge in [-0.15, -0.1) is 11.3 Å². The number of rotatable bonds is 5. The lowest BCUT2D eigenvalue weighted by atomic mass is 9.97. The van der Waals surface area contributed by atoms with Gasteiger partial charge >= 0.3 is 0 Å². The highest BCUT2D eigenvalue weighted by atomic mass is 32.2. The number of benzene rings is 2. The Balaban J connectivity index is 1.66. The zero-order valence-corrected chi connectivity index (χ0v) is 18.7. The van der Waals surface area contributed by atoms with Crippen LogP contribution in [0.15, 0.2) is 58.9 Å². The molecule has 32 heavy (non-hydrogen) atoms. The van der Waals surface area contributed by atoms with Gasteiger partial charge in [0.15, 0.2) is 0 Å². The molecule has 0 spiro atoms. The van der Waals surface area contributed by atoms with Crippen molar-refractivity contribution in [3.05, 3.63) is 76.3 Å². The number of nitrogens with zero attached hydrogens (tertiary/aromatic N) is 4. The number of hydrogen-bond acceptors (Lipinski definition) is 8. The summed E-state index contributed by atoms with van der Waals surface area (Å²) in [6, 6.07) is 18.7. The fourth-order valence-electron chi connectivity index (χ4n) is 3.16. The molecular weight excluding hydrogens is 438 g/mol. The van der Waals surface area contributed by atoms with Crippen molar-refractivity contribution in [3.63, 3.8) is 0 Å². The first-order valence-electron chi connectivity index (χ1n) is 9.57. The predicted molar refractivity (Wildman–Crippen MR) is 127 cm³/mol. The van der Waals surface area contributed by atoms with Crippen LogP contribution in [0.5, 0.6) is 5.75 Å². The first-order valence-corrected chi connectivity index (χ1v) is 11.4. The van der Waals surface area contributed by atoms with E-state index in [0.29, 0.717) is 21.9 Å². The van der Waals surface area contributed by atoms with Crippen LogP contribution < -0.4 is 5.73 Å². The molecule has 2 heterocycles. The molecule has 0 saturated carbocycles. The average molecular weight is 456 g/mol. The van der Waals surface area contributed by atoms with Gasteiger partial charge in [-0.3, -0.25) is 0 Å². The molecule has 8 heteroatoms. The number of nitrogen functional groups attached to an aromatic ring is 1. The Labute approximate surface area is 193 Å². The summed E-state index contributed by atoms with van der Waals surface area (Å²) in [6.07, 6.45) is 0. The van der Waals surface area contributed by atoms with E-state index < -0.39 is 0 Å². The third-order valence-corrected chi connectivity index (χ3v) is 6.73. The normalized spacial score (nSPS) is 10.5. The van der Waals surface area contributed by atoms with Crippen molar-refractivity contribution in [2.45, 2.75) is 17.7 Å². The van der Waals surface area contributed by atoms with Gasteiger partial charge in [0.2, 0.25) is 0 Å². The zero-order valence-electron chi connectivity index (χ0n) is 17.0. The van der Waals surface area contributed by atoms with Crippen molar-refractivity contribution < 1.29 is 5.11 Å². The lowest BCUT2D eigenvalue weighted by Crippen LogP contribution is -2.03. The number of phenols is 1. The van der Waals surface area contributed by atoms with Crippen molar-refractivity contribution in [1.82, 2.24) is 9.97 Å². The van der Waals surface area contributed by atoms with Gasteiger partial charge in [-0.25, -0.2) is 9.97 Å². The third kappa shape index (κ3) is 4.28. The van der Waals surface area contributed by atoms with Gasteiger partial charge in [-0.05, 0) is 24.6 Å². The number of aromatic hydroxyl groups is 1. The average Bonchev–Trinajstić information content (AvgIpc) is 3.27. The summed E-state index contributed by atoms with van der Waals surface area (Å²) in [5.41, 5.74) is 10.6. The van der Waals surface area contributed by atoms with Crippen LogP contribution in [0.25, 0.3) is 21.7 Å². The summed E-state index contributed by atoms with van der Waals surface area (Å²) in [5, 5.41) is 32.5. The van der Waals surface area contributed by atoms with Gasteiger partial charge in [-0.1, -0.05) is 53.7 Å². The number of anilines is 1. The summed E-state index contributed by atoms with van der Waals surface area (Å²) in [5.74, 6) is 0.663. The molecule has 4 aromatic rings. The summed E-state index contributed by atoms with van der Waals surface area (Å²) < 4.78 is 0. The maximum atomic E-state index is 9.88. The Hall–Kier alpha value is -3.85. The van der Waals surface area contributed by atoms with Crippen LogP contribution in [0.2, 0.25) is 0 Å². The van der Waals surface area contributed by atoms with Crippen LogP contribution in [0.4, 0.5) is 5.82 Å². The van der Waals surface area contributed by atoms with Crippen LogP contribution in [0, 0.1) is 29.6 Å². The number of pyridine rings is 1. The summed E-state index contributed by atoms with van der Waals surface area (Å²) >= 11 is 2.92. The SMILES string of the molecule is Cc1ccc(-c2nc(CSc3nc(N)c(C#N)c(-c4ccc(O)cc4)c3C#N)cs2)cc1. The molecule has 0 atom stereocenters. The monoisotopic (exact) mass is 455 g/mol. The van der Waals surface area contributed by atoms with Crippen molar-refractivity contribution in [3.8, 4) is 39.6 Å². The Bertz CT molecular complexity index is 1360. The molecule has 2 aromatic carbocycles. The smallest absolute Gasteiger partial charge is 0.143 e. The molecule has 0 radical (unpaired) electrons. The summed E-state index contributed by atoms with van der Waals surface area (Å²) in [4.78, 5) is 9.03. The zero-order chi connectivity index (χ0) is 22.7. The minimum absolute atomic E-state index is 0.0655. The molecule has 3 N–H and O–H groups in total.